The Balaban J connectivity index is 2.54. The van der Waals surface area contributed by atoms with Crippen molar-refractivity contribution in [1.82, 2.24) is 14.9 Å². The molecule has 0 aromatic carbocycles. The molecule has 21 heavy (non-hydrogen) atoms. The SMILES string of the molecule is CNC1C(O)C(C=O)(CO)O[C@H]1n1cc(C)c(=O)[nH]c1=O. The summed E-state index contributed by atoms with van der Waals surface area (Å²) < 4.78 is 6.51. The van der Waals surface area contributed by atoms with Crippen LogP contribution in [0, 0.1) is 6.92 Å². The van der Waals surface area contributed by atoms with Gasteiger partial charge in [0, 0.05) is 11.8 Å². The maximum atomic E-state index is 11.9. The van der Waals surface area contributed by atoms with Crippen molar-refractivity contribution >= 4 is 6.29 Å². The van der Waals surface area contributed by atoms with Gasteiger partial charge in [-0.2, -0.15) is 0 Å². The fraction of sp³-hybridized carbons (Fsp3) is 0.583. The van der Waals surface area contributed by atoms with Gasteiger partial charge in [0.05, 0.1) is 12.6 Å². The zero-order valence-corrected chi connectivity index (χ0v) is 11.6. The second-order valence-electron chi connectivity index (χ2n) is 4.98. The lowest BCUT2D eigenvalue weighted by atomic mass is 9.96. The predicted molar refractivity (Wildman–Crippen MR) is 70.9 cm³/mol. The van der Waals surface area contributed by atoms with Gasteiger partial charge < -0.3 is 20.3 Å². The lowest BCUT2D eigenvalue weighted by Crippen LogP contribution is -2.51. The predicted octanol–water partition coefficient (Wildman–Crippen LogP) is -2.75. The molecule has 0 aliphatic carbocycles. The Morgan fingerprint density at radius 3 is 2.76 bits per heavy atom. The van der Waals surface area contributed by atoms with E-state index in [0.29, 0.717) is 6.29 Å². The molecule has 0 saturated carbocycles. The van der Waals surface area contributed by atoms with E-state index in [4.69, 9.17) is 4.74 Å². The second-order valence-corrected chi connectivity index (χ2v) is 4.98. The first-order valence-corrected chi connectivity index (χ1v) is 6.32. The van der Waals surface area contributed by atoms with Crippen LogP contribution in [0.1, 0.15) is 11.8 Å². The molecule has 1 aromatic rings. The van der Waals surface area contributed by atoms with Gasteiger partial charge in [0.15, 0.2) is 18.1 Å². The van der Waals surface area contributed by atoms with Gasteiger partial charge in [0.2, 0.25) is 0 Å². The Hall–Kier alpha value is -1.81. The Morgan fingerprint density at radius 2 is 2.24 bits per heavy atom. The summed E-state index contributed by atoms with van der Waals surface area (Å²) in [7, 11) is 1.52. The number of carbonyl (C=O) groups is 1. The fourth-order valence-electron chi connectivity index (χ4n) is 2.40. The summed E-state index contributed by atoms with van der Waals surface area (Å²) in [5.74, 6) is 0. The minimum absolute atomic E-state index is 0.273. The minimum Gasteiger partial charge on any atom is -0.393 e. The van der Waals surface area contributed by atoms with E-state index in [9.17, 15) is 24.6 Å². The summed E-state index contributed by atoms with van der Waals surface area (Å²) in [6.07, 6.45) is -0.813. The summed E-state index contributed by atoms with van der Waals surface area (Å²) >= 11 is 0. The van der Waals surface area contributed by atoms with Crippen LogP contribution in [0.4, 0.5) is 0 Å². The van der Waals surface area contributed by atoms with Crippen molar-refractivity contribution in [2.75, 3.05) is 13.7 Å². The lowest BCUT2D eigenvalue weighted by Gasteiger charge is -2.23. The molecule has 0 spiro atoms. The van der Waals surface area contributed by atoms with Gasteiger partial charge in [0.25, 0.3) is 5.56 Å². The largest absolute Gasteiger partial charge is 0.393 e. The number of rotatable bonds is 4. The van der Waals surface area contributed by atoms with Crippen molar-refractivity contribution in [3.63, 3.8) is 0 Å². The summed E-state index contributed by atoms with van der Waals surface area (Å²) in [6.45, 7) is 0.775. The third kappa shape index (κ3) is 2.33. The molecule has 3 unspecified atom stereocenters. The molecule has 1 fully saturated rings. The van der Waals surface area contributed by atoms with Crippen LogP contribution in [0.25, 0.3) is 0 Å². The molecule has 2 rings (SSSR count). The summed E-state index contributed by atoms with van der Waals surface area (Å²) in [5, 5.41) is 22.3. The fourth-order valence-corrected chi connectivity index (χ4v) is 2.40. The molecular formula is C12H17N3O6. The van der Waals surface area contributed by atoms with Gasteiger partial charge in [-0.1, -0.05) is 0 Å². The second kappa shape index (κ2) is 5.53. The molecule has 1 aromatic heterocycles. The Labute approximate surface area is 119 Å². The number of carbonyl (C=O) groups excluding carboxylic acids is 1. The normalized spacial score (nSPS) is 32.3. The van der Waals surface area contributed by atoms with Crippen LogP contribution in [0.15, 0.2) is 15.8 Å². The molecule has 1 aliphatic heterocycles. The number of nitrogens with one attached hydrogen (secondary N) is 2. The molecule has 4 N–H and O–H groups in total. The van der Waals surface area contributed by atoms with E-state index in [1.165, 1.54) is 20.2 Å². The van der Waals surface area contributed by atoms with Crippen LogP contribution in [0.3, 0.4) is 0 Å². The highest BCUT2D eigenvalue weighted by molar-refractivity contribution is 5.65. The van der Waals surface area contributed by atoms with E-state index in [0.717, 1.165) is 4.57 Å². The minimum atomic E-state index is -1.82. The molecule has 1 saturated heterocycles. The van der Waals surface area contributed by atoms with E-state index in [-0.39, 0.29) is 5.56 Å². The summed E-state index contributed by atoms with van der Waals surface area (Å²) in [5.41, 5.74) is -2.81. The molecule has 9 heteroatoms. The number of nitrogens with zero attached hydrogens (tertiary/aromatic N) is 1. The van der Waals surface area contributed by atoms with Crippen LogP contribution in [0.5, 0.6) is 0 Å². The third-order valence-corrected chi connectivity index (χ3v) is 3.69. The number of aryl methyl sites for hydroxylation is 1. The molecule has 4 atom stereocenters. The van der Waals surface area contributed by atoms with Crippen molar-refractivity contribution in [3.05, 3.63) is 32.6 Å². The van der Waals surface area contributed by atoms with Gasteiger partial charge in [-0.25, -0.2) is 4.79 Å². The first-order chi connectivity index (χ1) is 9.90. The third-order valence-electron chi connectivity index (χ3n) is 3.69. The van der Waals surface area contributed by atoms with E-state index in [1.807, 2.05) is 0 Å². The Morgan fingerprint density at radius 1 is 1.57 bits per heavy atom. The van der Waals surface area contributed by atoms with Crippen LogP contribution in [-0.4, -0.2) is 57.5 Å². The first kappa shape index (κ1) is 15.6. The van der Waals surface area contributed by atoms with Crippen LogP contribution in [0.2, 0.25) is 0 Å². The van der Waals surface area contributed by atoms with Crippen LogP contribution in [-0.2, 0) is 9.53 Å². The molecular weight excluding hydrogens is 282 g/mol. The van der Waals surface area contributed by atoms with Crippen molar-refractivity contribution in [1.29, 1.82) is 0 Å². The quantitative estimate of drug-likeness (QED) is 0.443. The van der Waals surface area contributed by atoms with Gasteiger partial charge in [-0.05, 0) is 14.0 Å². The van der Waals surface area contributed by atoms with Crippen molar-refractivity contribution in [2.45, 2.75) is 30.9 Å². The van der Waals surface area contributed by atoms with Gasteiger partial charge in [0.1, 0.15) is 6.10 Å². The summed E-state index contributed by atoms with van der Waals surface area (Å²) in [6, 6.07) is -0.814. The average Bonchev–Trinajstić information content (AvgIpc) is 2.75. The molecule has 0 amide bonds. The monoisotopic (exact) mass is 299 g/mol. The number of aliphatic hydroxyl groups excluding tert-OH is 2. The number of H-pyrrole nitrogens is 1. The molecule has 2 heterocycles. The van der Waals surface area contributed by atoms with Crippen molar-refractivity contribution < 1.29 is 19.7 Å². The standard InChI is InChI=1S/C12H17N3O6/c1-6-3-15(11(20)14-9(6)19)10-7(13-2)8(18)12(4-16,5-17)21-10/h3-4,7-8,10,13,17-18H,5H2,1-2H3,(H,14,19,20)/t7?,8?,10-,12?/m1/s1. The number of ether oxygens (including phenoxy) is 1. The highest BCUT2D eigenvalue weighted by Crippen LogP contribution is 2.34. The highest BCUT2D eigenvalue weighted by Gasteiger charge is 2.55. The van der Waals surface area contributed by atoms with E-state index in [2.05, 4.69) is 10.3 Å². The molecule has 0 bridgehead atoms. The van der Waals surface area contributed by atoms with Crippen molar-refractivity contribution in [2.24, 2.45) is 0 Å². The zero-order valence-electron chi connectivity index (χ0n) is 11.6. The van der Waals surface area contributed by atoms with Gasteiger partial charge in [-0.15, -0.1) is 0 Å². The highest BCUT2D eigenvalue weighted by atomic mass is 16.6. The van der Waals surface area contributed by atoms with Gasteiger partial charge >= 0.3 is 5.69 Å². The number of aldehydes is 1. The Kier molecular flexibility index (Phi) is 4.10. The Bertz CT molecular complexity index is 653. The molecule has 116 valence electrons. The van der Waals surface area contributed by atoms with Crippen LogP contribution < -0.4 is 16.6 Å². The lowest BCUT2D eigenvalue weighted by molar-refractivity contribution is -0.151. The van der Waals surface area contributed by atoms with E-state index < -0.39 is 41.8 Å². The number of hydrogen-bond acceptors (Lipinski definition) is 7. The molecule has 9 nitrogen and oxygen atoms in total. The number of aromatic amines is 1. The summed E-state index contributed by atoms with van der Waals surface area (Å²) in [4.78, 5) is 36.6. The van der Waals surface area contributed by atoms with E-state index >= 15 is 0 Å². The maximum Gasteiger partial charge on any atom is 0.330 e. The number of likely N-dealkylation sites (N-methyl/N-ethyl adjacent to an activating group) is 1. The number of aliphatic hydroxyl groups is 2. The number of hydrogen-bond donors (Lipinski definition) is 4. The maximum absolute atomic E-state index is 11.9. The van der Waals surface area contributed by atoms with Crippen LogP contribution >= 0.6 is 0 Å². The number of aromatic nitrogens is 2. The van der Waals surface area contributed by atoms with E-state index in [1.54, 1.807) is 0 Å². The first-order valence-electron chi connectivity index (χ1n) is 6.32. The zero-order chi connectivity index (χ0) is 15.8. The molecule has 1 aliphatic rings. The molecule has 0 radical (unpaired) electrons. The average molecular weight is 299 g/mol. The topological polar surface area (TPSA) is 134 Å². The van der Waals surface area contributed by atoms with Gasteiger partial charge in [-0.3, -0.25) is 19.1 Å². The van der Waals surface area contributed by atoms with Crippen molar-refractivity contribution in [3.8, 4) is 0 Å². The smallest absolute Gasteiger partial charge is 0.330 e.